The fourth-order valence-electron chi connectivity index (χ4n) is 1.89. The van der Waals surface area contributed by atoms with Crippen molar-refractivity contribution < 1.29 is 0 Å². The first-order chi connectivity index (χ1) is 7.43. The van der Waals surface area contributed by atoms with Crippen LogP contribution in [0.3, 0.4) is 0 Å². The van der Waals surface area contributed by atoms with Crippen LogP contribution in [0.2, 0.25) is 0 Å². The second-order valence-electron chi connectivity index (χ2n) is 3.63. The summed E-state index contributed by atoms with van der Waals surface area (Å²) in [6.07, 6.45) is 2.71. The summed E-state index contributed by atoms with van der Waals surface area (Å²) in [6, 6.07) is 6.35. The summed E-state index contributed by atoms with van der Waals surface area (Å²) in [5, 5.41) is 14.5. The van der Waals surface area contributed by atoms with Crippen LogP contribution in [0.4, 0.5) is 0 Å². The lowest BCUT2D eigenvalue weighted by Crippen LogP contribution is -2.23. The van der Waals surface area contributed by atoms with Crippen LogP contribution in [-0.2, 0) is 13.0 Å². The third kappa shape index (κ3) is 1.50. The van der Waals surface area contributed by atoms with E-state index in [0.29, 0.717) is 0 Å². The van der Waals surface area contributed by atoms with Gasteiger partial charge in [-0.3, -0.25) is 0 Å². The van der Waals surface area contributed by atoms with Crippen molar-refractivity contribution in [3.8, 4) is 5.69 Å². The van der Waals surface area contributed by atoms with Crippen molar-refractivity contribution in [2.24, 2.45) is 0 Å². The first kappa shape index (κ1) is 8.55. The molecule has 1 aliphatic rings. The Hall–Kier alpha value is -1.75. The highest BCUT2D eigenvalue weighted by Crippen LogP contribution is 2.17. The van der Waals surface area contributed by atoms with Crippen molar-refractivity contribution >= 4 is 0 Å². The van der Waals surface area contributed by atoms with Gasteiger partial charge >= 0.3 is 0 Å². The Morgan fingerprint density at radius 1 is 1.27 bits per heavy atom. The average Bonchev–Trinajstić information content (AvgIpc) is 2.82. The van der Waals surface area contributed by atoms with Crippen molar-refractivity contribution in [3.05, 3.63) is 35.7 Å². The smallest absolute Gasteiger partial charge is 0.143 e. The molecule has 0 fully saturated rings. The maximum absolute atomic E-state index is 3.87. The summed E-state index contributed by atoms with van der Waals surface area (Å²) in [7, 11) is 0. The molecule has 2 aromatic rings. The van der Waals surface area contributed by atoms with Gasteiger partial charge in [0.25, 0.3) is 0 Å². The standard InChI is InChI=1S/C10H11N5/c1-2-10(15-7-12-13-14-15)5-9-6-11-4-3-8(1)9/h1-2,5,7,11H,3-4,6H2. The van der Waals surface area contributed by atoms with E-state index in [0.717, 1.165) is 25.2 Å². The molecule has 1 aromatic carbocycles. The van der Waals surface area contributed by atoms with Crippen LogP contribution >= 0.6 is 0 Å². The Morgan fingerprint density at radius 3 is 3.13 bits per heavy atom. The molecule has 0 saturated carbocycles. The maximum Gasteiger partial charge on any atom is 0.143 e. The van der Waals surface area contributed by atoms with E-state index in [1.165, 1.54) is 11.1 Å². The third-order valence-corrected chi connectivity index (χ3v) is 2.69. The molecule has 2 heterocycles. The highest BCUT2D eigenvalue weighted by molar-refractivity contribution is 5.40. The molecule has 1 aliphatic heterocycles. The topological polar surface area (TPSA) is 55.6 Å². The molecule has 0 spiro atoms. The van der Waals surface area contributed by atoms with Crippen LogP contribution in [0.1, 0.15) is 11.1 Å². The molecule has 3 rings (SSSR count). The van der Waals surface area contributed by atoms with Crippen molar-refractivity contribution in [2.75, 3.05) is 6.54 Å². The lowest BCUT2D eigenvalue weighted by molar-refractivity contribution is 0.642. The quantitative estimate of drug-likeness (QED) is 0.721. The zero-order valence-corrected chi connectivity index (χ0v) is 8.22. The monoisotopic (exact) mass is 201 g/mol. The molecule has 0 radical (unpaired) electrons. The van der Waals surface area contributed by atoms with Crippen LogP contribution < -0.4 is 5.32 Å². The Labute approximate surface area is 87.1 Å². The number of nitrogens with zero attached hydrogens (tertiary/aromatic N) is 4. The molecular formula is C10H11N5. The normalized spacial score (nSPS) is 14.9. The van der Waals surface area contributed by atoms with E-state index in [-0.39, 0.29) is 0 Å². The molecule has 5 heteroatoms. The van der Waals surface area contributed by atoms with E-state index in [2.05, 4.69) is 39.0 Å². The second kappa shape index (κ2) is 3.43. The van der Waals surface area contributed by atoms with Gasteiger partial charge in [0.05, 0.1) is 5.69 Å². The second-order valence-corrected chi connectivity index (χ2v) is 3.63. The molecule has 0 aliphatic carbocycles. The highest BCUT2D eigenvalue weighted by atomic mass is 15.5. The SMILES string of the molecule is c1cc2c(cc1-n1cnnn1)CNCC2. The Bertz CT molecular complexity index is 463. The van der Waals surface area contributed by atoms with Crippen LogP contribution in [0.15, 0.2) is 24.5 Å². The van der Waals surface area contributed by atoms with Gasteiger partial charge < -0.3 is 5.32 Å². The molecule has 0 saturated heterocycles. The van der Waals surface area contributed by atoms with Gasteiger partial charge in [-0.05, 0) is 46.7 Å². The van der Waals surface area contributed by atoms with Gasteiger partial charge in [-0.25, -0.2) is 4.68 Å². The minimum absolute atomic E-state index is 0.936. The maximum atomic E-state index is 3.87. The van der Waals surface area contributed by atoms with Gasteiger partial charge in [0.1, 0.15) is 6.33 Å². The number of hydrogen-bond acceptors (Lipinski definition) is 4. The first-order valence-corrected chi connectivity index (χ1v) is 4.99. The summed E-state index contributed by atoms with van der Waals surface area (Å²) < 4.78 is 1.68. The fraction of sp³-hybridized carbons (Fsp3) is 0.300. The Kier molecular flexibility index (Phi) is 1.96. The minimum atomic E-state index is 0.936. The number of hydrogen-bond donors (Lipinski definition) is 1. The lowest BCUT2D eigenvalue weighted by atomic mass is 10.0. The molecule has 0 amide bonds. The highest BCUT2D eigenvalue weighted by Gasteiger charge is 2.09. The van der Waals surface area contributed by atoms with Crippen LogP contribution in [0.25, 0.3) is 5.69 Å². The van der Waals surface area contributed by atoms with Crippen molar-refractivity contribution in [1.29, 1.82) is 0 Å². The molecule has 15 heavy (non-hydrogen) atoms. The van der Waals surface area contributed by atoms with Gasteiger partial charge in [0.15, 0.2) is 0 Å². The van der Waals surface area contributed by atoms with E-state index >= 15 is 0 Å². The van der Waals surface area contributed by atoms with Gasteiger partial charge in [-0.15, -0.1) is 5.10 Å². The van der Waals surface area contributed by atoms with Gasteiger partial charge in [-0.2, -0.15) is 0 Å². The molecule has 1 N–H and O–H groups in total. The average molecular weight is 201 g/mol. The van der Waals surface area contributed by atoms with E-state index < -0.39 is 0 Å². The molecule has 0 bridgehead atoms. The molecular weight excluding hydrogens is 190 g/mol. The van der Waals surface area contributed by atoms with Crippen LogP contribution in [-0.4, -0.2) is 26.8 Å². The third-order valence-electron chi connectivity index (χ3n) is 2.69. The van der Waals surface area contributed by atoms with E-state index in [9.17, 15) is 0 Å². The number of aromatic nitrogens is 4. The number of benzene rings is 1. The summed E-state index contributed by atoms with van der Waals surface area (Å²) in [5.74, 6) is 0. The summed E-state index contributed by atoms with van der Waals surface area (Å²) in [6.45, 7) is 2.00. The summed E-state index contributed by atoms with van der Waals surface area (Å²) in [4.78, 5) is 0. The molecule has 0 unspecified atom stereocenters. The zero-order chi connectivity index (χ0) is 10.1. The Morgan fingerprint density at radius 2 is 2.27 bits per heavy atom. The summed E-state index contributed by atoms with van der Waals surface area (Å²) >= 11 is 0. The minimum Gasteiger partial charge on any atom is -0.312 e. The van der Waals surface area contributed by atoms with Crippen LogP contribution in [0, 0.1) is 0 Å². The van der Waals surface area contributed by atoms with Crippen molar-refractivity contribution in [2.45, 2.75) is 13.0 Å². The van der Waals surface area contributed by atoms with Gasteiger partial charge in [0, 0.05) is 6.54 Å². The summed E-state index contributed by atoms with van der Waals surface area (Å²) in [5.41, 5.74) is 3.78. The Balaban J connectivity index is 2.04. The molecule has 0 atom stereocenters. The number of rotatable bonds is 1. The fourth-order valence-corrected chi connectivity index (χ4v) is 1.89. The molecule has 1 aromatic heterocycles. The van der Waals surface area contributed by atoms with Crippen molar-refractivity contribution in [3.63, 3.8) is 0 Å². The van der Waals surface area contributed by atoms with E-state index in [1.54, 1.807) is 11.0 Å². The number of tetrazole rings is 1. The predicted molar refractivity (Wildman–Crippen MR) is 54.6 cm³/mol. The van der Waals surface area contributed by atoms with Gasteiger partial charge in [-0.1, -0.05) is 6.07 Å². The molecule has 5 nitrogen and oxygen atoms in total. The lowest BCUT2D eigenvalue weighted by Gasteiger charge is -2.17. The predicted octanol–water partition coefficient (Wildman–Crippen LogP) is 0.308. The first-order valence-electron chi connectivity index (χ1n) is 4.99. The van der Waals surface area contributed by atoms with E-state index in [1.807, 2.05) is 0 Å². The number of fused-ring (bicyclic) bond motifs is 1. The van der Waals surface area contributed by atoms with E-state index in [4.69, 9.17) is 0 Å². The molecule has 76 valence electrons. The van der Waals surface area contributed by atoms with Crippen LogP contribution in [0.5, 0.6) is 0 Å². The van der Waals surface area contributed by atoms with Crippen molar-refractivity contribution in [1.82, 2.24) is 25.5 Å². The zero-order valence-electron chi connectivity index (χ0n) is 8.22. The largest absolute Gasteiger partial charge is 0.312 e. The number of nitrogens with one attached hydrogen (secondary N) is 1. The van der Waals surface area contributed by atoms with Gasteiger partial charge in [0.2, 0.25) is 0 Å².